The van der Waals surface area contributed by atoms with Gasteiger partial charge >= 0.3 is 0 Å². The van der Waals surface area contributed by atoms with E-state index in [1.807, 2.05) is 0 Å². The van der Waals surface area contributed by atoms with Gasteiger partial charge < -0.3 is 10.6 Å². The van der Waals surface area contributed by atoms with Crippen LogP contribution < -0.4 is 10.6 Å². The molecule has 0 radical (unpaired) electrons. The predicted molar refractivity (Wildman–Crippen MR) is 77.5 cm³/mol. The number of hydrogen-bond acceptors (Lipinski definition) is 5. The van der Waals surface area contributed by atoms with E-state index in [4.69, 9.17) is 0 Å². The fraction of sp³-hybridized carbons (Fsp3) is 0.538. The van der Waals surface area contributed by atoms with Crippen molar-refractivity contribution >= 4 is 33.3 Å². The minimum absolute atomic E-state index is 0.581. The van der Waals surface area contributed by atoms with E-state index in [0.717, 1.165) is 28.5 Å². The topological polar surface area (TPSA) is 49.8 Å². The molecule has 1 fully saturated rings. The van der Waals surface area contributed by atoms with Crippen molar-refractivity contribution in [2.75, 3.05) is 17.2 Å². The minimum atomic E-state index is 0.581. The molecular formula is C13H18N4S. The van der Waals surface area contributed by atoms with Crippen LogP contribution in [0.15, 0.2) is 11.4 Å². The maximum absolute atomic E-state index is 4.60. The van der Waals surface area contributed by atoms with Gasteiger partial charge in [0, 0.05) is 12.6 Å². The van der Waals surface area contributed by atoms with Crippen LogP contribution in [0.25, 0.3) is 10.2 Å². The molecule has 2 heterocycles. The van der Waals surface area contributed by atoms with Gasteiger partial charge in [-0.25, -0.2) is 4.98 Å². The number of nitrogens with zero attached hydrogens (tertiary/aromatic N) is 2. The number of hydrogen-bond donors (Lipinski definition) is 2. The van der Waals surface area contributed by atoms with E-state index in [9.17, 15) is 0 Å². The molecule has 2 N–H and O–H groups in total. The molecule has 1 saturated carbocycles. The van der Waals surface area contributed by atoms with Crippen LogP contribution in [-0.2, 0) is 0 Å². The standard InChI is InChI=1S/C13H18N4S/c1-2-14-13-16-11(15-9-5-3-4-6-9)10-7-8-18-12(10)17-13/h7-9H,2-6H2,1H3,(H2,14,15,16,17). The summed E-state index contributed by atoms with van der Waals surface area (Å²) in [6.07, 6.45) is 5.17. The third kappa shape index (κ3) is 2.27. The molecule has 0 spiro atoms. The fourth-order valence-corrected chi connectivity index (χ4v) is 3.23. The first-order valence-corrected chi connectivity index (χ1v) is 7.50. The van der Waals surface area contributed by atoms with Crippen LogP contribution in [0.2, 0.25) is 0 Å². The van der Waals surface area contributed by atoms with Gasteiger partial charge in [-0.3, -0.25) is 0 Å². The van der Waals surface area contributed by atoms with Crippen molar-refractivity contribution in [3.05, 3.63) is 11.4 Å². The normalized spacial score (nSPS) is 16.3. The summed E-state index contributed by atoms with van der Waals surface area (Å²) in [4.78, 5) is 10.2. The van der Waals surface area contributed by atoms with Crippen molar-refractivity contribution in [3.63, 3.8) is 0 Å². The molecule has 0 bridgehead atoms. The highest BCUT2D eigenvalue weighted by molar-refractivity contribution is 7.16. The molecule has 0 saturated heterocycles. The third-order valence-corrected chi connectivity index (χ3v) is 4.16. The Morgan fingerprint density at radius 1 is 1.33 bits per heavy atom. The monoisotopic (exact) mass is 262 g/mol. The van der Waals surface area contributed by atoms with Crippen molar-refractivity contribution in [2.45, 2.75) is 38.6 Å². The molecule has 0 aromatic carbocycles. The first kappa shape index (κ1) is 11.7. The smallest absolute Gasteiger partial charge is 0.226 e. The lowest BCUT2D eigenvalue weighted by Gasteiger charge is -2.14. The second kappa shape index (κ2) is 5.10. The lowest BCUT2D eigenvalue weighted by atomic mass is 10.2. The van der Waals surface area contributed by atoms with Gasteiger partial charge in [0.05, 0.1) is 5.39 Å². The van der Waals surface area contributed by atoms with E-state index >= 15 is 0 Å². The Labute approximate surface area is 111 Å². The number of thiophene rings is 1. The van der Waals surface area contributed by atoms with Crippen LogP contribution in [0.1, 0.15) is 32.6 Å². The van der Waals surface area contributed by atoms with E-state index in [2.05, 4.69) is 39.0 Å². The van der Waals surface area contributed by atoms with E-state index in [0.29, 0.717) is 6.04 Å². The molecule has 1 aliphatic carbocycles. The van der Waals surface area contributed by atoms with Crippen LogP contribution in [0, 0.1) is 0 Å². The molecule has 18 heavy (non-hydrogen) atoms. The van der Waals surface area contributed by atoms with Crippen molar-refractivity contribution in [1.82, 2.24) is 9.97 Å². The van der Waals surface area contributed by atoms with Gasteiger partial charge in [-0.05, 0) is 31.2 Å². The lowest BCUT2D eigenvalue weighted by molar-refractivity contribution is 0.752. The minimum Gasteiger partial charge on any atom is -0.367 e. The number of rotatable bonds is 4. The number of anilines is 2. The Morgan fingerprint density at radius 3 is 2.94 bits per heavy atom. The summed E-state index contributed by atoms with van der Waals surface area (Å²) in [6, 6.07) is 2.69. The van der Waals surface area contributed by atoms with Crippen LogP contribution in [0.4, 0.5) is 11.8 Å². The summed E-state index contributed by atoms with van der Waals surface area (Å²) in [5.74, 6) is 1.72. The summed E-state index contributed by atoms with van der Waals surface area (Å²) in [5.41, 5.74) is 0. The van der Waals surface area contributed by atoms with Gasteiger partial charge in [0.1, 0.15) is 10.6 Å². The largest absolute Gasteiger partial charge is 0.367 e. The van der Waals surface area contributed by atoms with Gasteiger partial charge in [0.25, 0.3) is 0 Å². The molecule has 1 aliphatic rings. The molecule has 0 unspecified atom stereocenters. The van der Waals surface area contributed by atoms with E-state index in [-0.39, 0.29) is 0 Å². The molecular weight excluding hydrogens is 244 g/mol. The fourth-order valence-electron chi connectivity index (χ4n) is 2.47. The Hall–Kier alpha value is -1.36. The zero-order chi connectivity index (χ0) is 12.4. The maximum atomic E-state index is 4.60. The maximum Gasteiger partial charge on any atom is 0.226 e. The molecule has 3 rings (SSSR count). The van der Waals surface area contributed by atoms with Crippen molar-refractivity contribution in [1.29, 1.82) is 0 Å². The summed E-state index contributed by atoms with van der Waals surface area (Å²) < 4.78 is 0. The van der Waals surface area contributed by atoms with Crippen LogP contribution in [0.5, 0.6) is 0 Å². The average molecular weight is 262 g/mol. The van der Waals surface area contributed by atoms with Gasteiger partial charge in [-0.1, -0.05) is 12.8 Å². The summed E-state index contributed by atoms with van der Waals surface area (Å²) in [6.45, 7) is 2.91. The Bertz CT molecular complexity index is 531. The second-order valence-corrected chi connectivity index (χ2v) is 5.59. The van der Waals surface area contributed by atoms with E-state index < -0.39 is 0 Å². The Balaban J connectivity index is 1.93. The van der Waals surface area contributed by atoms with Crippen LogP contribution in [0.3, 0.4) is 0 Å². The molecule has 5 heteroatoms. The molecule has 2 aromatic heterocycles. The Kier molecular flexibility index (Phi) is 3.32. The van der Waals surface area contributed by atoms with E-state index in [1.54, 1.807) is 11.3 Å². The first-order valence-electron chi connectivity index (χ1n) is 6.62. The van der Waals surface area contributed by atoms with Crippen molar-refractivity contribution in [3.8, 4) is 0 Å². The first-order chi connectivity index (χ1) is 8.86. The van der Waals surface area contributed by atoms with Gasteiger partial charge in [0.15, 0.2) is 0 Å². The van der Waals surface area contributed by atoms with Gasteiger partial charge in [-0.15, -0.1) is 11.3 Å². The van der Waals surface area contributed by atoms with Crippen molar-refractivity contribution in [2.24, 2.45) is 0 Å². The van der Waals surface area contributed by atoms with E-state index in [1.165, 1.54) is 25.7 Å². The summed E-state index contributed by atoms with van der Waals surface area (Å²) in [7, 11) is 0. The number of fused-ring (bicyclic) bond motifs is 1. The van der Waals surface area contributed by atoms with Crippen LogP contribution in [-0.4, -0.2) is 22.6 Å². The zero-order valence-corrected chi connectivity index (χ0v) is 11.4. The Morgan fingerprint density at radius 2 is 2.17 bits per heavy atom. The SMILES string of the molecule is CCNc1nc(NC2CCCC2)c2ccsc2n1. The highest BCUT2D eigenvalue weighted by Crippen LogP contribution is 2.29. The third-order valence-electron chi connectivity index (χ3n) is 3.36. The molecule has 2 aromatic rings. The molecule has 0 atom stereocenters. The summed E-state index contributed by atoms with van der Waals surface area (Å²) in [5, 5.41) is 10.0. The number of aromatic nitrogens is 2. The molecule has 4 nitrogen and oxygen atoms in total. The van der Waals surface area contributed by atoms with Crippen molar-refractivity contribution < 1.29 is 0 Å². The molecule has 96 valence electrons. The highest BCUT2D eigenvalue weighted by Gasteiger charge is 2.17. The molecule has 0 amide bonds. The second-order valence-electron chi connectivity index (χ2n) is 4.69. The number of nitrogens with one attached hydrogen (secondary N) is 2. The lowest BCUT2D eigenvalue weighted by Crippen LogP contribution is -2.16. The zero-order valence-electron chi connectivity index (χ0n) is 10.6. The van der Waals surface area contributed by atoms with Gasteiger partial charge in [-0.2, -0.15) is 4.98 Å². The predicted octanol–water partition coefficient (Wildman–Crippen LogP) is 3.48. The van der Waals surface area contributed by atoms with Gasteiger partial charge in [0.2, 0.25) is 5.95 Å². The highest BCUT2D eigenvalue weighted by atomic mass is 32.1. The van der Waals surface area contributed by atoms with Crippen LogP contribution >= 0.6 is 11.3 Å². The quantitative estimate of drug-likeness (QED) is 0.885. The molecule has 0 aliphatic heterocycles. The summed E-state index contributed by atoms with van der Waals surface area (Å²) >= 11 is 1.67. The average Bonchev–Trinajstić information content (AvgIpc) is 2.99.